The van der Waals surface area contributed by atoms with Crippen LogP contribution in [0.25, 0.3) is 0 Å². The summed E-state index contributed by atoms with van der Waals surface area (Å²) < 4.78 is 16.9. The maximum Gasteiger partial charge on any atom is 0.340 e. The molecular formula is C24H33NO6. The highest BCUT2D eigenvalue weighted by molar-refractivity contribution is 6.17. The van der Waals surface area contributed by atoms with Crippen LogP contribution in [-0.2, 0) is 32.1 Å². The fourth-order valence-corrected chi connectivity index (χ4v) is 4.40. The number of Topliss-reactive ketones (excluding diaryl/α,β-unsaturated/α-hetero) is 1. The molecule has 0 spiro atoms. The van der Waals surface area contributed by atoms with Crippen molar-refractivity contribution in [1.29, 1.82) is 0 Å². The van der Waals surface area contributed by atoms with Crippen molar-refractivity contribution in [1.82, 2.24) is 4.90 Å². The molecule has 0 fully saturated rings. The first-order valence-corrected chi connectivity index (χ1v) is 11.0. The summed E-state index contributed by atoms with van der Waals surface area (Å²) in [6.45, 7) is 8.41. The largest absolute Gasteiger partial charge is 0.493 e. The molecule has 0 aromatic heterocycles. The molecular weight excluding hydrogens is 398 g/mol. The van der Waals surface area contributed by atoms with Crippen molar-refractivity contribution < 1.29 is 28.9 Å². The second-order valence-corrected chi connectivity index (χ2v) is 8.44. The van der Waals surface area contributed by atoms with Gasteiger partial charge in [-0.2, -0.15) is 0 Å². The number of carboxylic acid groups (broad SMARTS) is 1. The van der Waals surface area contributed by atoms with Crippen molar-refractivity contribution in [2.24, 2.45) is 5.92 Å². The van der Waals surface area contributed by atoms with Crippen LogP contribution in [0.1, 0.15) is 56.3 Å². The third-order valence-corrected chi connectivity index (χ3v) is 6.02. The monoisotopic (exact) mass is 431 g/mol. The van der Waals surface area contributed by atoms with Crippen molar-refractivity contribution in [3.05, 3.63) is 40.6 Å². The summed E-state index contributed by atoms with van der Waals surface area (Å²) in [7, 11) is 1.67. The van der Waals surface area contributed by atoms with Gasteiger partial charge in [-0.3, -0.25) is 4.79 Å². The molecule has 2 atom stereocenters. The third kappa shape index (κ3) is 5.10. The van der Waals surface area contributed by atoms with Gasteiger partial charge >= 0.3 is 5.97 Å². The molecule has 0 saturated carbocycles. The molecule has 2 heterocycles. The summed E-state index contributed by atoms with van der Waals surface area (Å²) in [5.41, 5.74) is 3.03. The van der Waals surface area contributed by atoms with Crippen LogP contribution in [0.5, 0.6) is 5.75 Å². The van der Waals surface area contributed by atoms with Gasteiger partial charge in [0, 0.05) is 51.0 Å². The first-order chi connectivity index (χ1) is 14.9. The van der Waals surface area contributed by atoms with E-state index in [1.54, 1.807) is 13.3 Å². The Hall–Kier alpha value is -2.38. The van der Waals surface area contributed by atoms with Crippen molar-refractivity contribution in [2.45, 2.75) is 58.7 Å². The molecule has 3 rings (SSSR count). The lowest BCUT2D eigenvalue weighted by Gasteiger charge is -2.46. The van der Waals surface area contributed by atoms with Crippen LogP contribution < -0.4 is 4.74 Å². The molecule has 7 nitrogen and oxygen atoms in total. The Kier molecular flexibility index (Phi) is 7.73. The Bertz CT molecular complexity index is 847. The summed E-state index contributed by atoms with van der Waals surface area (Å²) in [4.78, 5) is 26.2. The van der Waals surface area contributed by atoms with Gasteiger partial charge in [0.25, 0.3) is 0 Å². The number of benzene rings is 1. The van der Waals surface area contributed by atoms with Gasteiger partial charge in [0.1, 0.15) is 11.3 Å². The zero-order valence-corrected chi connectivity index (χ0v) is 18.8. The molecule has 7 heteroatoms. The van der Waals surface area contributed by atoms with E-state index in [1.165, 1.54) is 0 Å². The van der Waals surface area contributed by atoms with Crippen molar-refractivity contribution in [3.8, 4) is 5.75 Å². The first-order valence-electron chi connectivity index (χ1n) is 11.0. The van der Waals surface area contributed by atoms with E-state index in [9.17, 15) is 14.7 Å². The number of aliphatic carboxylic acids is 1. The number of carboxylic acids is 1. The summed E-state index contributed by atoms with van der Waals surface area (Å²) in [6, 6.07) is 4.11. The molecule has 1 aromatic carbocycles. The summed E-state index contributed by atoms with van der Waals surface area (Å²) in [6.07, 6.45) is 3.29. The van der Waals surface area contributed by atoms with Crippen LogP contribution in [0.4, 0.5) is 0 Å². The number of ketones is 1. The average molecular weight is 432 g/mol. The van der Waals surface area contributed by atoms with Gasteiger partial charge in [-0.15, -0.1) is 0 Å². The van der Waals surface area contributed by atoms with E-state index in [2.05, 4.69) is 30.9 Å². The summed E-state index contributed by atoms with van der Waals surface area (Å²) in [5, 5.41) is 9.46. The minimum atomic E-state index is -1.16. The number of rotatable bonds is 10. The highest BCUT2D eigenvalue weighted by atomic mass is 16.5. The summed E-state index contributed by atoms with van der Waals surface area (Å²) in [5.74, 6) is -0.378. The van der Waals surface area contributed by atoms with E-state index in [0.717, 1.165) is 35.3 Å². The van der Waals surface area contributed by atoms with E-state index in [4.69, 9.17) is 14.2 Å². The lowest BCUT2D eigenvalue weighted by atomic mass is 9.79. The number of nitrogens with zero attached hydrogens (tertiary/aromatic N) is 1. The van der Waals surface area contributed by atoms with Crippen molar-refractivity contribution >= 4 is 11.8 Å². The third-order valence-electron chi connectivity index (χ3n) is 6.02. The number of ether oxygens (including phenoxy) is 3. The molecule has 2 unspecified atom stereocenters. The molecule has 2 aliphatic heterocycles. The quantitative estimate of drug-likeness (QED) is 0.448. The number of fused-ring (bicyclic) bond motifs is 3. The van der Waals surface area contributed by atoms with Crippen molar-refractivity contribution in [3.63, 3.8) is 0 Å². The number of hydrogen-bond donors (Lipinski definition) is 1. The Morgan fingerprint density at radius 1 is 1.26 bits per heavy atom. The van der Waals surface area contributed by atoms with Gasteiger partial charge in [0.2, 0.25) is 0 Å². The van der Waals surface area contributed by atoms with Gasteiger partial charge in [-0.05, 0) is 42.5 Å². The molecule has 1 aromatic rings. The van der Waals surface area contributed by atoms with Gasteiger partial charge in [-0.25, -0.2) is 4.79 Å². The molecule has 0 amide bonds. The Balaban J connectivity index is 2.00. The normalized spacial score (nSPS) is 20.4. The highest BCUT2D eigenvalue weighted by Gasteiger charge is 2.40. The van der Waals surface area contributed by atoms with E-state index in [1.807, 2.05) is 6.92 Å². The molecule has 0 radical (unpaired) electrons. The van der Waals surface area contributed by atoms with Crippen LogP contribution in [0.3, 0.4) is 0 Å². The molecule has 0 aliphatic carbocycles. The second-order valence-electron chi connectivity index (χ2n) is 8.44. The minimum Gasteiger partial charge on any atom is -0.493 e. The molecule has 0 bridgehead atoms. The molecule has 0 saturated heterocycles. The maximum atomic E-state index is 12.6. The standard InChI is InChI=1S/C24H33NO6/c1-5-30-14-17-9-18-16(11-23(17)31-8-6-7-29-4)10-20(15(2)3)25-13-19(24(27)28)22(26)12-21(18)25/h9,11,13,15,20-21H,5-8,10,12,14H2,1-4H3,(H,27,28). The highest BCUT2D eigenvalue weighted by Crippen LogP contribution is 2.43. The SMILES string of the molecule is CCOCc1cc2c(cc1OCCCOC)CC(C(C)C)N1C=C(C(=O)O)C(=O)CC21. The fourth-order valence-electron chi connectivity index (χ4n) is 4.40. The lowest BCUT2D eigenvalue weighted by Crippen LogP contribution is -2.47. The van der Waals surface area contributed by atoms with Crippen LogP contribution in [0, 0.1) is 5.92 Å². The maximum absolute atomic E-state index is 12.6. The van der Waals surface area contributed by atoms with Gasteiger partial charge < -0.3 is 24.2 Å². The number of hydrogen-bond acceptors (Lipinski definition) is 6. The molecule has 1 N–H and O–H groups in total. The van der Waals surface area contributed by atoms with E-state index in [-0.39, 0.29) is 29.9 Å². The van der Waals surface area contributed by atoms with E-state index in [0.29, 0.717) is 32.3 Å². The van der Waals surface area contributed by atoms with Gasteiger partial charge in [0.05, 0.1) is 19.3 Å². The Morgan fingerprint density at radius 2 is 2.03 bits per heavy atom. The fraction of sp³-hybridized carbons (Fsp3) is 0.583. The van der Waals surface area contributed by atoms with Crippen molar-refractivity contribution in [2.75, 3.05) is 26.9 Å². The number of methoxy groups -OCH3 is 1. The minimum absolute atomic E-state index is 0.110. The first kappa shape index (κ1) is 23.3. The second kappa shape index (κ2) is 10.3. The van der Waals surface area contributed by atoms with Crippen LogP contribution in [-0.4, -0.2) is 54.7 Å². The van der Waals surface area contributed by atoms with Crippen LogP contribution >= 0.6 is 0 Å². The number of carbonyl (C=O) groups is 2. The smallest absolute Gasteiger partial charge is 0.340 e. The Morgan fingerprint density at radius 3 is 2.68 bits per heavy atom. The predicted molar refractivity (Wildman–Crippen MR) is 116 cm³/mol. The molecule has 31 heavy (non-hydrogen) atoms. The topological polar surface area (TPSA) is 85.3 Å². The van der Waals surface area contributed by atoms with Gasteiger partial charge in [-0.1, -0.05) is 13.8 Å². The Labute approximate surface area is 184 Å². The summed E-state index contributed by atoms with van der Waals surface area (Å²) >= 11 is 0. The average Bonchev–Trinajstić information content (AvgIpc) is 2.73. The van der Waals surface area contributed by atoms with Gasteiger partial charge in [0.15, 0.2) is 5.78 Å². The number of carbonyl (C=O) groups excluding carboxylic acids is 1. The zero-order chi connectivity index (χ0) is 22.5. The van der Waals surface area contributed by atoms with Crippen LogP contribution in [0.2, 0.25) is 0 Å². The zero-order valence-electron chi connectivity index (χ0n) is 18.8. The lowest BCUT2D eigenvalue weighted by molar-refractivity contribution is -0.135. The molecule has 2 aliphatic rings. The molecule has 170 valence electrons. The van der Waals surface area contributed by atoms with Crippen LogP contribution in [0.15, 0.2) is 23.9 Å². The van der Waals surface area contributed by atoms with E-state index < -0.39 is 5.97 Å². The van der Waals surface area contributed by atoms with E-state index >= 15 is 0 Å². The predicted octanol–water partition coefficient (Wildman–Crippen LogP) is 3.50.